The van der Waals surface area contributed by atoms with Gasteiger partial charge >= 0.3 is 21.5 Å². The van der Waals surface area contributed by atoms with Crippen LogP contribution >= 0.6 is 27.8 Å². The molecule has 2 aromatic carbocycles. The third-order valence-electron chi connectivity index (χ3n) is 7.09. The van der Waals surface area contributed by atoms with Gasteiger partial charge in [0, 0.05) is 36.3 Å². The van der Waals surface area contributed by atoms with E-state index in [0.717, 1.165) is 17.0 Å². The van der Waals surface area contributed by atoms with Gasteiger partial charge in [0.2, 0.25) is 10.0 Å². The predicted octanol–water partition coefficient (Wildman–Crippen LogP) is 8.96. The summed E-state index contributed by atoms with van der Waals surface area (Å²) in [5.41, 5.74) is -9.81. The Morgan fingerprint density at radius 1 is 0.800 bits per heavy atom. The van der Waals surface area contributed by atoms with Crippen molar-refractivity contribution in [3.63, 3.8) is 0 Å². The third kappa shape index (κ3) is 20.4. The lowest BCUT2D eigenvalue weighted by Crippen LogP contribution is -2.37. The average molecular weight is 957 g/mol. The number of nitrogens with zero attached hydrogens (tertiary/aromatic N) is 1. The summed E-state index contributed by atoms with van der Waals surface area (Å²) in [6, 6.07) is 10.5. The van der Waals surface area contributed by atoms with E-state index in [4.69, 9.17) is 32.3 Å². The van der Waals surface area contributed by atoms with Gasteiger partial charge in [-0.2, -0.15) is 22.6 Å². The van der Waals surface area contributed by atoms with Gasteiger partial charge in [0.25, 0.3) is 9.84 Å². The van der Waals surface area contributed by atoms with E-state index >= 15 is 0 Å². The van der Waals surface area contributed by atoms with Crippen LogP contribution in [-0.2, 0) is 51.6 Å². The number of sulfone groups is 1. The molecule has 0 radical (unpaired) electrons. The summed E-state index contributed by atoms with van der Waals surface area (Å²) in [4.78, 5) is 11.9. The number of nitrogens with two attached hydrogens (primary N) is 1. The smallest absolute Gasteiger partial charge is 0.380 e. The summed E-state index contributed by atoms with van der Waals surface area (Å²) < 4.78 is 140. The lowest BCUT2D eigenvalue weighted by molar-refractivity contribution is -0.0436. The highest BCUT2D eigenvalue weighted by atomic mass is 32.2. The zero-order valence-corrected chi connectivity index (χ0v) is 40.6. The standard InChI is InChI=1S/C37H63F3N3O12P2S3/c1-33(2,3)52-56(44,53-34(4,5)6)50-24-22-43(23-25-51-57(45,54-35(7,8)9)55-36(10,11)12)21-20-28(27-58-29-16-14-13-15-17-29)42-31-19-18-30(60(41,48)49)26-32(31)59(46,47)37(38,39)40/h13-19,26,28,42,44H,20-25,27H2,1-12H3,(H2,41,48,49)/q+1/t28-/m1/s1. The maximum absolute atomic E-state index is 14.0. The van der Waals surface area contributed by atoms with Crippen LogP contribution in [0.25, 0.3) is 0 Å². The second-order valence-corrected chi connectivity index (χ2v) is 25.3. The fraction of sp³-hybridized carbons (Fsp3) is 0.676. The molecule has 2 aromatic rings. The largest absolute Gasteiger partial charge is 0.573 e. The molecule has 0 aliphatic rings. The Hall–Kier alpha value is -1.42. The Balaban J connectivity index is 2.55. The van der Waals surface area contributed by atoms with E-state index in [1.165, 1.54) is 11.8 Å². The molecule has 0 heterocycles. The molecule has 0 amide bonds. The first-order chi connectivity index (χ1) is 26.9. The number of halogens is 3. The predicted molar refractivity (Wildman–Crippen MR) is 229 cm³/mol. The van der Waals surface area contributed by atoms with E-state index in [9.17, 15) is 39.5 Å². The molecule has 1 atom stereocenters. The minimum Gasteiger partial charge on any atom is -0.380 e. The minimum absolute atomic E-state index is 0.0702. The number of phosphoric ester groups is 1. The van der Waals surface area contributed by atoms with Gasteiger partial charge in [-0.05, 0) is 120 Å². The highest BCUT2D eigenvalue weighted by Crippen LogP contribution is 2.63. The molecule has 15 nitrogen and oxygen atoms in total. The van der Waals surface area contributed by atoms with Gasteiger partial charge < -0.3 is 5.32 Å². The van der Waals surface area contributed by atoms with Crippen molar-refractivity contribution in [2.75, 3.05) is 43.9 Å². The fourth-order valence-electron chi connectivity index (χ4n) is 5.02. The Morgan fingerprint density at radius 2 is 1.32 bits per heavy atom. The molecule has 0 aliphatic carbocycles. The first-order valence-electron chi connectivity index (χ1n) is 18.9. The Labute approximate surface area is 359 Å². The lowest BCUT2D eigenvalue weighted by Gasteiger charge is -2.32. The summed E-state index contributed by atoms with van der Waals surface area (Å²) in [7, 11) is -18.7. The maximum atomic E-state index is 14.0. The first-order valence-corrected chi connectivity index (χ1v) is 25.9. The Bertz CT molecular complexity index is 1920. The van der Waals surface area contributed by atoms with Crippen molar-refractivity contribution in [1.29, 1.82) is 0 Å². The molecule has 0 aliphatic heterocycles. The van der Waals surface area contributed by atoms with Crippen molar-refractivity contribution in [2.45, 2.75) is 138 Å². The Kier molecular flexibility index (Phi) is 19.2. The van der Waals surface area contributed by atoms with Gasteiger partial charge in [0.1, 0.15) is 22.7 Å². The molecule has 60 heavy (non-hydrogen) atoms. The number of alkyl halides is 3. The van der Waals surface area contributed by atoms with E-state index in [2.05, 4.69) is 5.32 Å². The van der Waals surface area contributed by atoms with E-state index in [0.29, 0.717) is 6.07 Å². The number of anilines is 1. The number of hydrogen-bond donors (Lipinski definition) is 3. The number of rotatable bonds is 22. The quantitative estimate of drug-likeness (QED) is 0.0745. The second-order valence-electron chi connectivity index (χ2n) is 17.6. The van der Waals surface area contributed by atoms with E-state index in [1.807, 2.05) is 18.2 Å². The molecule has 0 spiro atoms. The van der Waals surface area contributed by atoms with E-state index < -0.39 is 85.3 Å². The van der Waals surface area contributed by atoms with Gasteiger partial charge in [-0.3, -0.25) is 18.5 Å². The van der Waals surface area contributed by atoms with Crippen LogP contribution in [0.15, 0.2) is 63.2 Å². The van der Waals surface area contributed by atoms with Gasteiger partial charge in [0.15, 0.2) is 0 Å². The zero-order chi connectivity index (χ0) is 46.2. The molecule has 0 fully saturated rings. The monoisotopic (exact) mass is 956 g/mol. The van der Waals surface area contributed by atoms with Crippen LogP contribution in [0.4, 0.5) is 18.9 Å². The van der Waals surface area contributed by atoms with Crippen LogP contribution in [0, 0.1) is 0 Å². The molecule has 2 rings (SSSR count). The molecule has 4 N–H and O–H groups in total. The number of nitrogens with one attached hydrogen (secondary N) is 1. The highest BCUT2D eigenvalue weighted by Gasteiger charge is 2.52. The topological polar surface area (TPSA) is 202 Å². The van der Waals surface area contributed by atoms with Gasteiger partial charge in [0.05, 0.1) is 28.4 Å². The van der Waals surface area contributed by atoms with Crippen molar-refractivity contribution in [3.05, 3.63) is 48.5 Å². The minimum atomic E-state index is -6.07. The number of benzene rings is 2. The van der Waals surface area contributed by atoms with Crippen molar-refractivity contribution < 1.29 is 66.6 Å². The summed E-state index contributed by atoms with van der Waals surface area (Å²) >= 11 is 1.34. The highest BCUT2D eigenvalue weighted by molar-refractivity contribution is 7.99. The summed E-state index contributed by atoms with van der Waals surface area (Å²) in [5, 5.41) is 8.07. The Morgan fingerprint density at radius 3 is 1.78 bits per heavy atom. The van der Waals surface area contributed by atoms with Crippen molar-refractivity contribution in [1.82, 2.24) is 4.90 Å². The molecule has 346 valence electrons. The average Bonchev–Trinajstić information content (AvgIpc) is 3.01. The molecular formula is C37H63F3N3O12P2S3+. The molecular weight excluding hydrogens is 894 g/mol. The maximum Gasteiger partial charge on any atom is 0.573 e. The van der Waals surface area contributed by atoms with Crippen molar-refractivity contribution >= 4 is 53.3 Å². The zero-order valence-electron chi connectivity index (χ0n) is 36.4. The van der Waals surface area contributed by atoms with Crippen LogP contribution < -0.4 is 10.5 Å². The molecule has 0 saturated carbocycles. The number of phosphoric acid groups is 1. The van der Waals surface area contributed by atoms with E-state index in [1.54, 1.807) is 100 Å². The molecule has 0 aromatic heterocycles. The van der Waals surface area contributed by atoms with Gasteiger partial charge in [-0.15, -0.1) is 20.8 Å². The normalized spacial score (nSPS) is 14.8. The van der Waals surface area contributed by atoms with Crippen LogP contribution in [-0.4, -0.2) is 99.2 Å². The van der Waals surface area contributed by atoms with Gasteiger partial charge in [-0.1, -0.05) is 18.2 Å². The van der Waals surface area contributed by atoms with Gasteiger partial charge in [-0.25, -0.2) is 26.5 Å². The fourth-order valence-corrected chi connectivity index (χ4v) is 11.2. The van der Waals surface area contributed by atoms with E-state index in [-0.39, 0.29) is 45.0 Å². The molecule has 0 saturated heterocycles. The number of sulfonamides is 1. The SMILES string of the molecule is CC(C)(C)OP(=O)(OCCN(CCO[P+](O)(OC(C)(C)C)OC(C)(C)C)CC[C@H](CSc1ccccc1)Nc1ccc(S(N)(=O)=O)cc1S(=O)(=O)C(F)(F)F)OC(C)(C)C. The van der Waals surface area contributed by atoms with Crippen LogP contribution in [0.3, 0.4) is 0 Å². The van der Waals surface area contributed by atoms with Crippen LogP contribution in [0.1, 0.15) is 89.5 Å². The van der Waals surface area contributed by atoms with Crippen molar-refractivity contribution in [2.24, 2.45) is 5.14 Å². The number of thioether (sulfide) groups is 1. The van der Waals surface area contributed by atoms with Crippen LogP contribution in [0.2, 0.25) is 0 Å². The number of primary sulfonamides is 1. The third-order valence-corrected chi connectivity index (χ3v) is 14.8. The summed E-state index contributed by atoms with van der Waals surface area (Å²) in [6.45, 7) is 20.5. The second kappa shape index (κ2) is 21.0. The summed E-state index contributed by atoms with van der Waals surface area (Å²) in [6.07, 6.45) is 0.146. The van der Waals surface area contributed by atoms with Crippen LogP contribution in [0.5, 0.6) is 0 Å². The first kappa shape index (κ1) is 54.7. The lowest BCUT2D eigenvalue weighted by atomic mass is 10.2. The summed E-state index contributed by atoms with van der Waals surface area (Å²) in [5.74, 6) is 0.200. The molecule has 0 bridgehead atoms. The number of hydrogen-bond acceptors (Lipinski definition) is 15. The molecule has 23 heteroatoms. The van der Waals surface area contributed by atoms with Crippen molar-refractivity contribution in [3.8, 4) is 0 Å². The molecule has 0 unspecified atom stereocenters.